The second-order valence-electron chi connectivity index (χ2n) is 4.50. The predicted octanol–water partition coefficient (Wildman–Crippen LogP) is 2.05. The molecule has 0 heterocycles. The molecule has 0 fully saturated rings. The molecule has 19 heavy (non-hydrogen) atoms. The number of halogens is 1. The third kappa shape index (κ3) is 3.92. The van der Waals surface area contributed by atoms with E-state index < -0.39 is 5.54 Å². The Kier molecular flexibility index (Phi) is 5.30. The highest BCUT2D eigenvalue weighted by Gasteiger charge is 2.34. The zero-order chi connectivity index (χ0) is 14.5. The molecular weight excluding hydrogens is 249 g/mol. The molecule has 4 nitrogen and oxygen atoms in total. The lowest BCUT2D eigenvalue weighted by molar-refractivity contribution is -0.151. The van der Waals surface area contributed by atoms with Gasteiger partial charge in [0.2, 0.25) is 0 Å². The number of esters is 1. The van der Waals surface area contributed by atoms with Crippen LogP contribution in [0.5, 0.6) is 5.75 Å². The van der Waals surface area contributed by atoms with Crippen LogP contribution in [0.1, 0.15) is 19.4 Å². The summed E-state index contributed by atoms with van der Waals surface area (Å²) in [5, 5.41) is 2.89. The fraction of sp³-hybridized carbons (Fsp3) is 0.500. The average molecular weight is 269 g/mol. The van der Waals surface area contributed by atoms with Gasteiger partial charge in [-0.05, 0) is 51.6 Å². The molecule has 0 radical (unpaired) electrons. The smallest absolute Gasteiger partial charge is 0.329 e. The summed E-state index contributed by atoms with van der Waals surface area (Å²) in [4.78, 5) is 11.8. The zero-order valence-corrected chi connectivity index (χ0v) is 11.7. The SMILES string of the molecule is CCOC(=O)C(C)(COc1ccc(F)c(C)c1)NC. The monoisotopic (exact) mass is 269 g/mol. The minimum absolute atomic E-state index is 0.105. The van der Waals surface area contributed by atoms with E-state index in [1.54, 1.807) is 33.9 Å². The van der Waals surface area contributed by atoms with Gasteiger partial charge in [0.15, 0.2) is 0 Å². The van der Waals surface area contributed by atoms with Gasteiger partial charge >= 0.3 is 5.97 Å². The highest BCUT2D eigenvalue weighted by atomic mass is 19.1. The maximum Gasteiger partial charge on any atom is 0.329 e. The lowest BCUT2D eigenvalue weighted by Gasteiger charge is -2.26. The molecule has 1 atom stereocenters. The molecule has 1 unspecified atom stereocenters. The van der Waals surface area contributed by atoms with Gasteiger partial charge in [-0.3, -0.25) is 0 Å². The Balaban J connectivity index is 2.71. The molecule has 0 amide bonds. The number of likely N-dealkylation sites (N-methyl/N-ethyl adjacent to an activating group) is 1. The van der Waals surface area contributed by atoms with Gasteiger partial charge in [-0.15, -0.1) is 0 Å². The molecule has 0 bridgehead atoms. The standard InChI is InChI=1S/C14H20FNO3/c1-5-18-13(17)14(3,16-4)9-19-11-6-7-12(15)10(2)8-11/h6-8,16H,5,9H2,1-4H3. The van der Waals surface area contributed by atoms with Gasteiger partial charge in [0.1, 0.15) is 23.7 Å². The van der Waals surface area contributed by atoms with Crippen LogP contribution in [-0.2, 0) is 9.53 Å². The highest BCUT2D eigenvalue weighted by Crippen LogP contribution is 2.18. The maximum atomic E-state index is 13.1. The maximum absolute atomic E-state index is 13.1. The first-order valence-corrected chi connectivity index (χ1v) is 6.18. The number of hydrogen-bond donors (Lipinski definition) is 1. The largest absolute Gasteiger partial charge is 0.491 e. The number of nitrogens with one attached hydrogen (secondary N) is 1. The van der Waals surface area contributed by atoms with Crippen molar-refractivity contribution in [2.45, 2.75) is 26.3 Å². The number of benzene rings is 1. The highest BCUT2D eigenvalue weighted by molar-refractivity contribution is 5.80. The van der Waals surface area contributed by atoms with Crippen LogP contribution in [-0.4, -0.2) is 31.8 Å². The van der Waals surface area contributed by atoms with Crippen molar-refractivity contribution in [3.05, 3.63) is 29.6 Å². The molecule has 0 aliphatic heterocycles. The minimum atomic E-state index is -0.932. The molecule has 1 aromatic rings. The summed E-state index contributed by atoms with van der Waals surface area (Å²) in [5.41, 5.74) is -0.432. The number of aryl methyl sites for hydroxylation is 1. The van der Waals surface area contributed by atoms with Crippen molar-refractivity contribution in [3.8, 4) is 5.75 Å². The summed E-state index contributed by atoms with van der Waals surface area (Å²) in [6.45, 7) is 5.52. The number of carbonyl (C=O) groups excluding carboxylic acids is 1. The molecular formula is C14H20FNO3. The van der Waals surface area contributed by atoms with Gasteiger partial charge in [0.25, 0.3) is 0 Å². The van der Waals surface area contributed by atoms with Gasteiger partial charge < -0.3 is 14.8 Å². The topological polar surface area (TPSA) is 47.6 Å². The van der Waals surface area contributed by atoms with Crippen molar-refractivity contribution in [1.82, 2.24) is 5.32 Å². The fourth-order valence-corrected chi connectivity index (χ4v) is 1.46. The molecule has 0 aliphatic rings. The normalized spacial score (nSPS) is 13.7. The average Bonchev–Trinajstić information content (AvgIpc) is 2.40. The van der Waals surface area contributed by atoms with Gasteiger partial charge in [0, 0.05) is 0 Å². The Bertz CT molecular complexity index is 450. The first kappa shape index (κ1) is 15.4. The van der Waals surface area contributed by atoms with Gasteiger partial charge in [-0.2, -0.15) is 0 Å². The number of ether oxygens (including phenoxy) is 2. The van der Waals surface area contributed by atoms with Crippen molar-refractivity contribution in [1.29, 1.82) is 0 Å². The van der Waals surface area contributed by atoms with Crippen molar-refractivity contribution < 1.29 is 18.7 Å². The molecule has 0 saturated heterocycles. The lowest BCUT2D eigenvalue weighted by Crippen LogP contribution is -2.53. The van der Waals surface area contributed by atoms with E-state index in [1.807, 2.05) is 0 Å². The lowest BCUT2D eigenvalue weighted by atomic mass is 10.1. The van der Waals surface area contributed by atoms with Gasteiger partial charge in [0.05, 0.1) is 6.61 Å². The summed E-state index contributed by atoms with van der Waals surface area (Å²) in [6, 6.07) is 4.46. The van der Waals surface area contributed by atoms with E-state index in [1.165, 1.54) is 12.1 Å². The Labute approximate surface area is 112 Å². The fourth-order valence-electron chi connectivity index (χ4n) is 1.46. The molecule has 1 rings (SSSR count). The van der Waals surface area contributed by atoms with Crippen molar-refractivity contribution in [2.24, 2.45) is 0 Å². The van der Waals surface area contributed by atoms with Crippen LogP contribution >= 0.6 is 0 Å². The number of hydrogen-bond acceptors (Lipinski definition) is 4. The van der Waals surface area contributed by atoms with E-state index in [0.717, 1.165) is 0 Å². The molecule has 1 aromatic carbocycles. The first-order valence-electron chi connectivity index (χ1n) is 6.18. The van der Waals surface area contributed by atoms with Crippen LogP contribution in [0.4, 0.5) is 4.39 Å². The predicted molar refractivity (Wildman–Crippen MR) is 70.7 cm³/mol. The Morgan fingerprint density at radius 1 is 1.47 bits per heavy atom. The quantitative estimate of drug-likeness (QED) is 0.803. The van der Waals surface area contributed by atoms with Crippen molar-refractivity contribution in [3.63, 3.8) is 0 Å². The summed E-state index contributed by atoms with van der Waals surface area (Å²) in [7, 11) is 1.66. The van der Waals surface area contributed by atoms with Crippen molar-refractivity contribution in [2.75, 3.05) is 20.3 Å². The third-order valence-corrected chi connectivity index (χ3v) is 2.93. The Morgan fingerprint density at radius 3 is 2.68 bits per heavy atom. The molecule has 1 N–H and O–H groups in total. The Hall–Kier alpha value is -1.62. The summed E-state index contributed by atoms with van der Waals surface area (Å²) in [6.07, 6.45) is 0. The van der Waals surface area contributed by atoms with Crippen LogP contribution in [0.2, 0.25) is 0 Å². The molecule has 0 aliphatic carbocycles. The van der Waals surface area contributed by atoms with Crippen molar-refractivity contribution >= 4 is 5.97 Å². The molecule has 106 valence electrons. The van der Waals surface area contributed by atoms with Gasteiger partial charge in [-0.1, -0.05) is 0 Å². The van der Waals surface area contributed by atoms with Crippen LogP contribution in [0.25, 0.3) is 0 Å². The molecule has 0 aromatic heterocycles. The van der Waals surface area contributed by atoms with E-state index in [9.17, 15) is 9.18 Å². The van der Waals surface area contributed by atoms with E-state index in [-0.39, 0.29) is 18.4 Å². The van der Waals surface area contributed by atoms with Crippen LogP contribution < -0.4 is 10.1 Å². The minimum Gasteiger partial charge on any atom is -0.491 e. The second-order valence-corrected chi connectivity index (χ2v) is 4.50. The van der Waals surface area contributed by atoms with E-state index in [4.69, 9.17) is 9.47 Å². The molecule has 0 spiro atoms. The van der Waals surface area contributed by atoms with E-state index in [2.05, 4.69) is 5.32 Å². The number of carbonyl (C=O) groups is 1. The van der Waals surface area contributed by atoms with Crippen LogP contribution in [0.15, 0.2) is 18.2 Å². The Morgan fingerprint density at radius 2 is 2.16 bits per heavy atom. The van der Waals surface area contributed by atoms with Crippen LogP contribution in [0.3, 0.4) is 0 Å². The van der Waals surface area contributed by atoms with Gasteiger partial charge in [-0.25, -0.2) is 9.18 Å². The van der Waals surface area contributed by atoms with E-state index >= 15 is 0 Å². The summed E-state index contributed by atoms with van der Waals surface area (Å²) in [5.74, 6) is -0.143. The summed E-state index contributed by atoms with van der Waals surface area (Å²) >= 11 is 0. The molecule has 5 heteroatoms. The third-order valence-electron chi connectivity index (χ3n) is 2.93. The molecule has 0 saturated carbocycles. The van der Waals surface area contributed by atoms with Crippen LogP contribution in [0, 0.1) is 12.7 Å². The zero-order valence-electron chi connectivity index (χ0n) is 11.7. The second kappa shape index (κ2) is 6.52. The number of rotatable bonds is 6. The summed E-state index contributed by atoms with van der Waals surface area (Å²) < 4.78 is 23.6. The first-order chi connectivity index (χ1) is 8.92. The van der Waals surface area contributed by atoms with E-state index in [0.29, 0.717) is 17.9 Å².